The van der Waals surface area contributed by atoms with Gasteiger partial charge >= 0.3 is 0 Å². The molecule has 1 saturated heterocycles. The second kappa shape index (κ2) is 7.90. The molecule has 3 aromatic rings. The number of rotatable bonds is 4. The first kappa shape index (κ1) is 18.9. The Morgan fingerprint density at radius 2 is 1.79 bits per heavy atom. The summed E-state index contributed by atoms with van der Waals surface area (Å²) in [5.41, 5.74) is 4.16. The third-order valence-electron chi connectivity index (χ3n) is 5.25. The van der Waals surface area contributed by atoms with Crippen LogP contribution in [0.2, 0.25) is 0 Å². The summed E-state index contributed by atoms with van der Waals surface area (Å²) in [7, 11) is 0. The Morgan fingerprint density at radius 3 is 2.45 bits per heavy atom. The summed E-state index contributed by atoms with van der Waals surface area (Å²) in [6, 6.07) is 11.5. The minimum atomic E-state index is -0.0954. The van der Waals surface area contributed by atoms with Crippen molar-refractivity contribution in [2.24, 2.45) is 0 Å². The monoisotopic (exact) mass is 392 g/mol. The fourth-order valence-corrected chi connectivity index (χ4v) is 3.46. The molecule has 1 aromatic carbocycles. The van der Waals surface area contributed by atoms with Crippen LogP contribution in [-0.2, 0) is 0 Å². The third kappa shape index (κ3) is 4.06. The number of anilines is 3. The first-order valence-electron chi connectivity index (χ1n) is 9.66. The van der Waals surface area contributed by atoms with E-state index in [-0.39, 0.29) is 5.91 Å². The standard InChI is InChI=1S/C21H24N6O2/c1-14-5-4-6-18(16(14)3)26-9-11-27(12-10-26)21(28)17-7-8-19(24-23-17)22-20-13-15(2)29-25-20/h4-8,13H,9-12H2,1-3H3,(H,22,24,25). The number of hydrogen-bond donors (Lipinski definition) is 1. The normalized spacial score (nSPS) is 14.2. The molecule has 2 aromatic heterocycles. The van der Waals surface area contributed by atoms with Gasteiger partial charge in [0.2, 0.25) is 0 Å². The largest absolute Gasteiger partial charge is 0.368 e. The van der Waals surface area contributed by atoms with E-state index in [1.165, 1.54) is 16.8 Å². The average molecular weight is 392 g/mol. The van der Waals surface area contributed by atoms with E-state index in [2.05, 4.69) is 57.6 Å². The minimum Gasteiger partial charge on any atom is -0.368 e. The lowest BCUT2D eigenvalue weighted by molar-refractivity contribution is 0.0739. The van der Waals surface area contributed by atoms with Crippen LogP contribution in [0, 0.1) is 20.8 Å². The Balaban J connectivity index is 1.37. The average Bonchev–Trinajstić information content (AvgIpc) is 3.15. The van der Waals surface area contributed by atoms with Crippen molar-refractivity contribution < 1.29 is 9.32 Å². The Hall–Kier alpha value is -3.42. The van der Waals surface area contributed by atoms with Crippen LogP contribution in [0.25, 0.3) is 0 Å². The molecule has 0 unspecified atom stereocenters. The van der Waals surface area contributed by atoms with Crippen molar-refractivity contribution in [2.45, 2.75) is 20.8 Å². The highest BCUT2D eigenvalue weighted by Crippen LogP contribution is 2.24. The molecular weight excluding hydrogens is 368 g/mol. The molecule has 4 rings (SSSR count). The maximum Gasteiger partial charge on any atom is 0.274 e. The van der Waals surface area contributed by atoms with Crippen molar-refractivity contribution in [3.63, 3.8) is 0 Å². The number of hydrogen-bond acceptors (Lipinski definition) is 7. The minimum absolute atomic E-state index is 0.0954. The van der Waals surface area contributed by atoms with E-state index in [0.717, 1.165) is 13.1 Å². The number of piperazine rings is 1. The molecule has 0 saturated carbocycles. The predicted molar refractivity (Wildman–Crippen MR) is 111 cm³/mol. The fourth-order valence-electron chi connectivity index (χ4n) is 3.46. The number of nitrogens with zero attached hydrogens (tertiary/aromatic N) is 5. The van der Waals surface area contributed by atoms with E-state index in [0.29, 0.717) is 36.2 Å². The van der Waals surface area contributed by atoms with Crippen LogP contribution in [0.5, 0.6) is 0 Å². The Morgan fingerprint density at radius 1 is 1.00 bits per heavy atom. The summed E-state index contributed by atoms with van der Waals surface area (Å²) in [6.07, 6.45) is 0. The smallest absolute Gasteiger partial charge is 0.274 e. The topological polar surface area (TPSA) is 87.4 Å². The van der Waals surface area contributed by atoms with Crippen molar-refractivity contribution in [1.82, 2.24) is 20.3 Å². The molecule has 8 nitrogen and oxygen atoms in total. The third-order valence-corrected chi connectivity index (χ3v) is 5.25. The highest BCUT2D eigenvalue weighted by Gasteiger charge is 2.24. The van der Waals surface area contributed by atoms with Crippen LogP contribution in [0.15, 0.2) is 40.9 Å². The first-order chi connectivity index (χ1) is 14.0. The molecule has 1 fully saturated rings. The van der Waals surface area contributed by atoms with Gasteiger partial charge in [-0.05, 0) is 50.1 Å². The summed E-state index contributed by atoms with van der Waals surface area (Å²) < 4.78 is 5.01. The molecule has 3 heterocycles. The Labute approximate surface area is 169 Å². The molecule has 8 heteroatoms. The summed E-state index contributed by atoms with van der Waals surface area (Å²) >= 11 is 0. The highest BCUT2D eigenvalue weighted by molar-refractivity contribution is 5.92. The summed E-state index contributed by atoms with van der Waals surface area (Å²) in [4.78, 5) is 17.0. The number of carbonyl (C=O) groups excluding carboxylic acids is 1. The van der Waals surface area contributed by atoms with E-state index < -0.39 is 0 Å². The van der Waals surface area contributed by atoms with Crippen LogP contribution in [0.3, 0.4) is 0 Å². The molecule has 1 N–H and O–H groups in total. The van der Waals surface area contributed by atoms with Gasteiger partial charge in [0.15, 0.2) is 17.3 Å². The molecule has 29 heavy (non-hydrogen) atoms. The van der Waals surface area contributed by atoms with E-state index in [4.69, 9.17) is 4.52 Å². The molecule has 0 bridgehead atoms. The van der Waals surface area contributed by atoms with Crippen LogP contribution >= 0.6 is 0 Å². The first-order valence-corrected chi connectivity index (χ1v) is 9.66. The number of benzene rings is 1. The van der Waals surface area contributed by atoms with Crippen LogP contribution in [-0.4, -0.2) is 52.3 Å². The van der Waals surface area contributed by atoms with Gasteiger partial charge in [-0.15, -0.1) is 10.2 Å². The quantitative estimate of drug-likeness (QED) is 0.730. The van der Waals surface area contributed by atoms with Gasteiger partial charge in [-0.25, -0.2) is 0 Å². The van der Waals surface area contributed by atoms with Gasteiger partial charge in [-0.2, -0.15) is 0 Å². The lowest BCUT2D eigenvalue weighted by atomic mass is 10.1. The van der Waals surface area contributed by atoms with E-state index in [1.807, 2.05) is 11.8 Å². The SMILES string of the molecule is Cc1cc(Nc2ccc(C(=O)N3CCN(c4cccc(C)c4C)CC3)nn2)no1. The Kier molecular flexibility index (Phi) is 5.16. The van der Waals surface area contributed by atoms with Crippen molar-refractivity contribution in [3.05, 3.63) is 59.0 Å². The van der Waals surface area contributed by atoms with Crippen LogP contribution in [0.1, 0.15) is 27.4 Å². The fraction of sp³-hybridized carbons (Fsp3) is 0.333. The van der Waals surface area contributed by atoms with Gasteiger partial charge in [0.25, 0.3) is 5.91 Å². The molecule has 1 aliphatic heterocycles. The maximum atomic E-state index is 12.8. The second-order valence-corrected chi connectivity index (χ2v) is 7.25. The summed E-state index contributed by atoms with van der Waals surface area (Å²) in [5, 5.41) is 15.0. The molecule has 1 amide bonds. The van der Waals surface area contributed by atoms with Crippen molar-refractivity contribution in [1.29, 1.82) is 0 Å². The second-order valence-electron chi connectivity index (χ2n) is 7.25. The lowest BCUT2D eigenvalue weighted by Gasteiger charge is -2.36. The molecule has 150 valence electrons. The maximum absolute atomic E-state index is 12.8. The van der Waals surface area contributed by atoms with Gasteiger partial charge in [-0.3, -0.25) is 4.79 Å². The zero-order valence-corrected chi connectivity index (χ0v) is 16.8. The van der Waals surface area contributed by atoms with Crippen molar-refractivity contribution in [2.75, 3.05) is 36.4 Å². The zero-order chi connectivity index (χ0) is 20.4. The van der Waals surface area contributed by atoms with Gasteiger partial charge in [0, 0.05) is 37.9 Å². The zero-order valence-electron chi connectivity index (χ0n) is 16.8. The summed E-state index contributed by atoms with van der Waals surface area (Å²) in [6.45, 7) is 9.00. The Bertz CT molecular complexity index is 1010. The van der Waals surface area contributed by atoms with Crippen molar-refractivity contribution in [3.8, 4) is 0 Å². The summed E-state index contributed by atoms with van der Waals surface area (Å²) in [5.74, 6) is 1.67. The highest BCUT2D eigenvalue weighted by atomic mass is 16.5. The van der Waals surface area contributed by atoms with Gasteiger partial charge in [0.05, 0.1) is 0 Å². The van der Waals surface area contributed by atoms with Gasteiger partial charge < -0.3 is 19.6 Å². The molecular formula is C21H24N6O2. The molecule has 1 aliphatic rings. The molecule has 0 spiro atoms. The van der Waals surface area contributed by atoms with E-state index in [9.17, 15) is 4.79 Å². The number of carbonyl (C=O) groups is 1. The van der Waals surface area contributed by atoms with Crippen molar-refractivity contribution >= 4 is 23.2 Å². The van der Waals surface area contributed by atoms with Gasteiger partial charge in [0.1, 0.15) is 5.76 Å². The van der Waals surface area contributed by atoms with Crippen LogP contribution in [0.4, 0.5) is 17.3 Å². The van der Waals surface area contributed by atoms with Crippen LogP contribution < -0.4 is 10.2 Å². The lowest BCUT2D eigenvalue weighted by Crippen LogP contribution is -2.49. The molecule has 0 radical (unpaired) electrons. The predicted octanol–water partition coefficient (Wildman–Crippen LogP) is 3.10. The number of amides is 1. The number of aromatic nitrogens is 3. The molecule has 0 aliphatic carbocycles. The van der Waals surface area contributed by atoms with E-state index in [1.54, 1.807) is 18.2 Å². The number of nitrogens with one attached hydrogen (secondary N) is 1. The van der Waals surface area contributed by atoms with Gasteiger partial charge in [-0.1, -0.05) is 17.3 Å². The molecule has 0 atom stereocenters. The number of aryl methyl sites for hydroxylation is 2. The van der Waals surface area contributed by atoms with E-state index >= 15 is 0 Å².